The molecule has 0 saturated heterocycles. The molecule has 116 valence electrons. The zero-order valence-electron chi connectivity index (χ0n) is 11.8. The molecule has 0 amide bonds. The average Bonchev–Trinajstić information content (AvgIpc) is 2.48. The first-order chi connectivity index (χ1) is 10.4. The van der Waals surface area contributed by atoms with Crippen molar-refractivity contribution in [3.8, 4) is 0 Å². The first-order valence-corrected chi connectivity index (χ1v) is 7.04. The van der Waals surface area contributed by atoms with Crippen molar-refractivity contribution in [1.82, 2.24) is 4.98 Å². The lowest BCUT2D eigenvalue weighted by molar-refractivity contribution is -0.159. The van der Waals surface area contributed by atoms with Gasteiger partial charge in [-0.3, -0.25) is 4.98 Å². The number of pyridine rings is 1. The maximum atomic E-state index is 9.10. The Morgan fingerprint density at radius 1 is 1.23 bits per heavy atom. The third kappa shape index (κ3) is 6.36. The van der Waals surface area contributed by atoms with Crippen LogP contribution < -0.4 is 5.32 Å². The van der Waals surface area contributed by atoms with Gasteiger partial charge in [-0.15, -0.1) is 0 Å². The first kappa shape index (κ1) is 17.6. The smallest absolute Gasteiger partial charge is 0.414 e. The highest BCUT2D eigenvalue weighted by Gasteiger charge is 2.04. The number of nitrogens with one attached hydrogen (secondary N) is 1. The Hall–Kier alpha value is -2.41. The van der Waals surface area contributed by atoms with Crippen molar-refractivity contribution >= 4 is 33.6 Å². The molecule has 0 atom stereocenters. The fraction of sp³-hybridized carbons (Fsp3) is 0.133. The van der Waals surface area contributed by atoms with Gasteiger partial charge in [-0.1, -0.05) is 22.0 Å². The van der Waals surface area contributed by atoms with E-state index in [4.69, 9.17) is 19.8 Å². The molecule has 2 aromatic rings. The third-order valence-electron chi connectivity index (χ3n) is 2.58. The molecule has 1 heterocycles. The largest absolute Gasteiger partial charge is 0.473 e. The number of hydrogen-bond donors (Lipinski definition) is 3. The van der Waals surface area contributed by atoms with Gasteiger partial charge in [0.25, 0.3) is 0 Å². The number of benzene rings is 1. The maximum absolute atomic E-state index is 9.10. The summed E-state index contributed by atoms with van der Waals surface area (Å²) in [6.07, 6.45) is 3.66. The van der Waals surface area contributed by atoms with Crippen molar-refractivity contribution in [2.45, 2.75) is 13.5 Å². The number of carbonyl (C=O) groups is 2. The van der Waals surface area contributed by atoms with E-state index >= 15 is 0 Å². The molecule has 22 heavy (non-hydrogen) atoms. The molecule has 0 aliphatic heterocycles. The van der Waals surface area contributed by atoms with Gasteiger partial charge in [-0.2, -0.15) is 0 Å². The number of rotatable bonds is 3. The highest BCUT2D eigenvalue weighted by atomic mass is 79.9. The van der Waals surface area contributed by atoms with E-state index in [2.05, 4.69) is 51.4 Å². The number of anilines is 1. The fourth-order valence-electron chi connectivity index (χ4n) is 1.53. The molecule has 0 unspecified atom stereocenters. The van der Waals surface area contributed by atoms with Crippen LogP contribution in [0.5, 0.6) is 0 Å². The number of carboxylic acid groups (broad SMARTS) is 2. The summed E-state index contributed by atoms with van der Waals surface area (Å²) in [6.45, 7) is 2.90. The lowest BCUT2D eigenvalue weighted by atomic mass is 10.2. The van der Waals surface area contributed by atoms with Crippen molar-refractivity contribution in [2.75, 3.05) is 5.32 Å². The van der Waals surface area contributed by atoms with Gasteiger partial charge in [-0.05, 0) is 42.3 Å². The van der Waals surface area contributed by atoms with E-state index in [9.17, 15) is 0 Å². The van der Waals surface area contributed by atoms with E-state index < -0.39 is 11.9 Å². The molecular formula is C15H15BrN2O4. The number of carboxylic acids is 2. The molecule has 0 aliphatic rings. The van der Waals surface area contributed by atoms with Crippen LogP contribution in [0.15, 0.2) is 47.2 Å². The summed E-state index contributed by atoms with van der Waals surface area (Å²) in [5.74, 6) is -3.65. The van der Waals surface area contributed by atoms with Crippen LogP contribution >= 0.6 is 15.9 Å². The third-order valence-corrected chi connectivity index (χ3v) is 3.07. The summed E-state index contributed by atoms with van der Waals surface area (Å²) in [5, 5.41) is 18.2. The minimum Gasteiger partial charge on any atom is -0.473 e. The molecule has 2 rings (SSSR count). The van der Waals surface area contributed by atoms with Crippen LogP contribution in [0, 0.1) is 6.92 Å². The number of aryl methyl sites for hydroxylation is 1. The van der Waals surface area contributed by atoms with E-state index in [0.29, 0.717) is 0 Å². The quantitative estimate of drug-likeness (QED) is 0.722. The van der Waals surface area contributed by atoms with Crippen LogP contribution in [0.1, 0.15) is 11.1 Å². The number of halogens is 1. The van der Waals surface area contributed by atoms with Crippen LogP contribution in [0.2, 0.25) is 0 Å². The Balaban J connectivity index is 0.000000346. The number of nitrogens with zero attached hydrogens (tertiary/aromatic N) is 1. The van der Waals surface area contributed by atoms with Gasteiger partial charge >= 0.3 is 11.9 Å². The van der Waals surface area contributed by atoms with Crippen molar-refractivity contribution < 1.29 is 19.8 Å². The van der Waals surface area contributed by atoms with Gasteiger partial charge in [0, 0.05) is 29.1 Å². The SMILES string of the molecule is Cc1cc(Br)ccc1NCc1cccnc1.O=C(O)C(=O)O. The van der Waals surface area contributed by atoms with E-state index in [-0.39, 0.29) is 0 Å². The van der Waals surface area contributed by atoms with Gasteiger partial charge < -0.3 is 15.5 Å². The minimum absolute atomic E-state index is 0.802. The summed E-state index contributed by atoms with van der Waals surface area (Å²) >= 11 is 3.45. The lowest BCUT2D eigenvalue weighted by Crippen LogP contribution is -2.09. The van der Waals surface area contributed by atoms with E-state index in [1.165, 1.54) is 11.1 Å². The summed E-state index contributed by atoms with van der Waals surface area (Å²) in [7, 11) is 0. The minimum atomic E-state index is -1.82. The van der Waals surface area contributed by atoms with Gasteiger partial charge in [0.1, 0.15) is 0 Å². The predicted octanol–water partition coefficient (Wildman–Crippen LogP) is 2.92. The number of aliphatic carboxylic acids is 2. The second kappa shape index (κ2) is 8.78. The second-order valence-electron chi connectivity index (χ2n) is 4.28. The molecule has 1 aromatic heterocycles. The molecule has 0 aliphatic carbocycles. The molecule has 3 N–H and O–H groups in total. The number of hydrogen-bond acceptors (Lipinski definition) is 4. The van der Waals surface area contributed by atoms with Crippen LogP contribution in [0.3, 0.4) is 0 Å². The topological polar surface area (TPSA) is 99.5 Å². The predicted molar refractivity (Wildman–Crippen MR) is 85.7 cm³/mol. The van der Waals surface area contributed by atoms with Crippen LogP contribution in [0.4, 0.5) is 5.69 Å². The molecule has 1 aromatic carbocycles. The summed E-state index contributed by atoms with van der Waals surface area (Å²) in [4.78, 5) is 22.3. The standard InChI is InChI=1S/C13H13BrN2.C2H2O4/c1-10-7-12(14)4-5-13(10)16-9-11-3-2-6-15-8-11;3-1(4)2(5)6/h2-8,16H,9H2,1H3;(H,3,4)(H,5,6). The highest BCUT2D eigenvalue weighted by Crippen LogP contribution is 2.20. The van der Waals surface area contributed by atoms with Gasteiger partial charge in [-0.25, -0.2) is 9.59 Å². The lowest BCUT2D eigenvalue weighted by Gasteiger charge is -2.09. The second-order valence-corrected chi connectivity index (χ2v) is 5.20. The molecular weight excluding hydrogens is 352 g/mol. The Labute approximate surface area is 136 Å². The molecule has 6 nitrogen and oxygen atoms in total. The molecule has 0 fully saturated rings. The molecule has 0 saturated carbocycles. The van der Waals surface area contributed by atoms with Crippen molar-refractivity contribution in [3.05, 3.63) is 58.3 Å². The summed E-state index contributed by atoms with van der Waals surface area (Å²) in [5.41, 5.74) is 3.58. The molecule has 0 radical (unpaired) electrons. The zero-order valence-corrected chi connectivity index (χ0v) is 13.4. The Morgan fingerprint density at radius 2 is 1.91 bits per heavy atom. The van der Waals surface area contributed by atoms with Crippen molar-refractivity contribution in [3.63, 3.8) is 0 Å². The Bertz CT molecular complexity index is 635. The summed E-state index contributed by atoms with van der Waals surface area (Å²) < 4.78 is 1.11. The van der Waals surface area contributed by atoms with Gasteiger partial charge in [0.2, 0.25) is 0 Å². The van der Waals surface area contributed by atoms with E-state index in [1.807, 2.05) is 18.3 Å². The normalized spacial score (nSPS) is 9.36. The van der Waals surface area contributed by atoms with Gasteiger partial charge in [0.15, 0.2) is 0 Å². The summed E-state index contributed by atoms with van der Waals surface area (Å²) in [6, 6.07) is 10.2. The van der Waals surface area contributed by atoms with Crippen molar-refractivity contribution in [2.24, 2.45) is 0 Å². The first-order valence-electron chi connectivity index (χ1n) is 6.25. The average molecular weight is 367 g/mol. The monoisotopic (exact) mass is 366 g/mol. The molecule has 7 heteroatoms. The van der Waals surface area contributed by atoms with Crippen LogP contribution in [-0.2, 0) is 16.1 Å². The zero-order chi connectivity index (χ0) is 16.5. The Morgan fingerprint density at radius 3 is 2.41 bits per heavy atom. The van der Waals surface area contributed by atoms with Crippen LogP contribution in [0.25, 0.3) is 0 Å². The van der Waals surface area contributed by atoms with Crippen molar-refractivity contribution in [1.29, 1.82) is 0 Å². The maximum Gasteiger partial charge on any atom is 0.414 e. The fourth-order valence-corrected chi connectivity index (χ4v) is 2.00. The molecule has 0 spiro atoms. The van der Waals surface area contributed by atoms with Crippen LogP contribution in [-0.4, -0.2) is 27.1 Å². The Kier molecular flexibility index (Phi) is 7.04. The molecule has 0 bridgehead atoms. The number of aromatic nitrogens is 1. The highest BCUT2D eigenvalue weighted by molar-refractivity contribution is 9.10. The van der Waals surface area contributed by atoms with E-state index in [1.54, 1.807) is 6.20 Å². The van der Waals surface area contributed by atoms with E-state index in [0.717, 1.165) is 16.7 Å². The van der Waals surface area contributed by atoms with Gasteiger partial charge in [0.05, 0.1) is 0 Å².